The third kappa shape index (κ3) is 5.28. The number of hydrogen-bond acceptors (Lipinski definition) is 8. The summed E-state index contributed by atoms with van der Waals surface area (Å²) in [6, 6.07) is 11.6. The van der Waals surface area contributed by atoms with E-state index in [1.165, 1.54) is 0 Å². The Labute approximate surface area is 216 Å². The van der Waals surface area contributed by atoms with Crippen molar-refractivity contribution in [3.63, 3.8) is 0 Å². The topological polar surface area (TPSA) is 97.8 Å². The number of carbonyl (C=O) groups excluding carboxylic acids is 2. The lowest BCUT2D eigenvalue weighted by molar-refractivity contribution is -0.140. The summed E-state index contributed by atoms with van der Waals surface area (Å²) in [5.41, 5.74) is 1.16. The maximum Gasteiger partial charge on any atom is 0.295 e. The normalized spacial score (nSPS) is 21.0. The Morgan fingerprint density at radius 3 is 2.68 bits per heavy atom. The molecule has 0 bridgehead atoms. The van der Waals surface area contributed by atoms with Gasteiger partial charge >= 0.3 is 0 Å². The van der Waals surface area contributed by atoms with Crippen LogP contribution in [0.25, 0.3) is 5.76 Å². The molecule has 1 amide bonds. The fraction of sp³-hybridized carbons (Fsp3) is 0.429. The Morgan fingerprint density at radius 2 is 1.86 bits per heavy atom. The zero-order valence-electron chi connectivity index (χ0n) is 21.0. The number of morpholine rings is 1. The molecule has 9 heteroatoms. The molecule has 9 nitrogen and oxygen atoms in total. The molecule has 196 valence electrons. The van der Waals surface area contributed by atoms with Crippen molar-refractivity contribution in [2.24, 2.45) is 0 Å². The van der Waals surface area contributed by atoms with E-state index in [1.807, 2.05) is 31.2 Å². The number of carbonyl (C=O) groups is 2. The molecule has 3 aliphatic heterocycles. The third-order valence-electron chi connectivity index (χ3n) is 6.81. The minimum Gasteiger partial charge on any atom is -0.507 e. The molecule has 2 fully saturated rings. The molecule has 37 heavy (non-hydrogen) atoms. The van der Waals surface area contributed by atoms with Gasteiger partial charge in [-0.1, -0.05) is 19.1 Å². The lowest BCUT2D eigenvalue weighted by atomic mass is 9.95. The summed E-state index contributed by atoms with van der Waals surface area (Å²) in [7, 11) is 0. The monoisotopic (exact) mass is 508 g/mol. The fourth-order valence-electron chi connectivity index (χ4n) is 4.94. The first kappa shape index (κ1) is 25.1. The first-order valence-corrected chi connectivity index (χ1v) is 12.8. The zero-order valence-corrected chi connectivity index (χ0v) is 21.0. The molecule has 1 N–H and O–H groups in total. The number of Topliss-reactive ketones (excluding diaryl/α,β-unsaturated/α-hetero) is 1. The summed E-state index contributed by atoms with van der Waals surface area (Å²) in [6.45, 7) is 6.95. The molecule has 2 saturated heterocycles. The number of benzene rings is 2. The van der Waals surface area contributed by atoms with Crippen molar-refractivity contribution in [1.29, 1.82) is 0 Å². The highest BCUT2D eigenvalue weighted by atomic mass is 16.7. The zero-order chi connectivity index (χ0) is 25.8. The standard InChI is InChI=1S/C28H32N2O7/c1-2-13-35-21-6-3-5-19(16-21)25-24(26(31)20-7-8-22-23(17-20)37-18-36-22)27(32)28(33)30(25)10-4-9-29-11-14-34-15-12-29/h3,5-8,16-17,25,31H,2,4,9-15,18H2,1H3. The first-order valence-electron chi connectivity index (χ1n) is 12.8. The molecule has 2 aromatic carbocycles. The van der Waals surface area contributed by atoms with Crippen LogP contribution >= 0.6 is 0 Å². The van der Waals surface area contributed by atoms with Gasteiger partial charge in [0, 0.05) is 31.7 Å². The molecule has 0 saturated carbocycles. The molecule has 0 aromatic heterocycles. The Balaban J connectivity index is 1.49. The summed E-state index contributed by atoms with van der Waals surface area (Å²) in [5, 5.41) is 11.4. The van der Waals surface area contributed by atoms with E-state index in [1.54, 1.807) is 23.1 Å². The second kappa shape index (κ2) is 11.2. The van der Waals surface area contributed by atoms with Crippen LogP contribution in [0.3, 0.4) is 0 Å². The predicted molar refractivity (Wildman–Crippen MR) is 136 cm³/mol. The number of nitrogens with zero attached hydrogens (tertiary/aromatic N) is 2. The number of rotatable bonds is 9. The lowest BCUT2D eigenvalue weighted by Crippen LogP contribution is -2.38. The molecule has 5 rings (SSSR count). The van der Waals surface area contributed by atoms with Crippen molar-refractivity contribution in [1.82, 2.24) is 9.80 Å². The maximum absolute atomic E-state index is 13.3. The van der Waals surface area contributed by atoms with E-state index in [4.69, 9.17) is 18.9 Å². The summed E-state index contributed by atoms with van der Waals surface area (Å²) < 4.78 is 22.1. The number of ether oxygens (including phenoxy) is 4. The molecular weight excluding hydrogens is 476 g/mol. The van der Waals surface area contributed by atoms with Gasteiger partial charge in [0.15, 0.2) is 11.5 Å². The Kier molecular flexibility index (Phi) is 7.62. The average molecular weight is 509 g/mol. The van der Waals surface area contributed by atoms with Crippen LogP contribution in [0.15, 0.2) is 48.0 Å². The minimum absolute atomic E-state index is 0.0582. The molecule has 3 aliphatic rings. The highest BCUT2D eigenvalue weighted by Gasteiger charge is 2.46. The number of hydrogen-bond donors (Lipinski definition) is 1. The second-order valence-corrected chi connectivity index (χ2v) is 9.29. The highest BCUT2D eigenvalue weighted by Crippen LogP contribution is 2.42. The summed E-state index contributed by atoms with van der Waals surface area (Å²) in [4.78, 5) is 30.5. The van der Waals surface area contributed by atoms with Crippen molar-refractivity contribution in [2.45, 2.75) is 25.8 Å². The van der Waals surface area contributed by atoms with E-state index >= 15 is 0 Å². The summed E-state index contributed by atoms with van der Waals surface area (Å²) in [6.07, 6.45) is 1.55. The second-order valence-electron chi connectivity index (χ2n) is 9.29. The van der Waals surface area contributed by atoms with Crippen LogP contribution in [-0.4, -0.2) is 79.4 Å². The van der Waals surface area contributed by atoms with Crippen LogP contribution in [0.4, 0.5) is 0 Å². The van der Waals surface area contributed by atoms with Crippen molar-refractivity contribution < 1.29 is 33.6 Å². The van der Waals surface area contributed by atoms with Crippen LogP contribution in [0, 0.1) is 0 Å². The van der Waals surface area contributed by atoms with Gasteiger partial charge in [-0.2, -0.15) is 0 Å². The van der Waals surface area contributed by atoms with Crippen LogP contribution in [0.5, 0.6) is 17.2 Å². The third-order valence-corrected chi connectivity index (χ3v) is 6.81. The Hall–Kier alpha value is -3.56. The van der Waals surface area contributed by atoms with Crippen molar-refractivity contribution in [2.75, 3.05) is 52.8 Å². The molecule has 2 aromatic rings. The SMILES string of the molecule is CCCOc1cccc(C2C(=C(O)c3ccc4c(c3)OCO4)C(=O)C(=O)N2CCCN2CCOCC2)c1. The van der Waals surface area contributed by atoms with E-state index in [-0.39, 0.29) is 18.1 Å². The average Bonchev–Trinajstić information content (AvgIpc) is 3.50. The largest absolute Gasteiger partial charge is 0.507 e. The molecule has 0 radical (unpaired) electrons. The van der Waals surface area contributed by atoms with Crippen LogP contribution in [0.1, 0.15) is 36.9 Å². The number of aliphatic hydroxyl groups is 1. The highest BCUT2D eigenvalue weighted by molar-refractivity contribution is 6.46. The van der Waals surface area contributed by atoms with Crippen molar-refractivity contribution >= 4 is 17.4 Å². The van der Waals surface area contributed by atoms with E-state index in [9.17, 15) is 14.7 Å². The molecule has 1 atom stereocenters. The van der Waals surface area contributed by atoms with Crippen LogP contribution < -0.4 is 14.2 Å². The fourth-order valence-corrected chi connectivity index (χ4v) is 4.94. The van der Waals surface area contributed by atoms with Gasteiger partial charge in [-0.05, 0) is 48.7 Å². The van der Waals surface area contributed by atoms with E-state index < -0.39 is 17.7 Å². The van der Waals surface area contributed by atoms with E-state index in [0.717, 1.165) is 26.1 Å². The van der Waals surface area contributed by atoms with Crippen LogP contribution in [-0.2, 0) is 14.3 Å². The van der Waals surface area contributed by atoms with Gasteiger partial charge in [0.25, 0.3) is 11.7 Å². The van der Waals surface area contributed by atoms with E-state index in [2.05, 4.69) is 4.90 Å². The Morgan fingerprint density at radius 1 is 1.05 bits per heavy atom. The quantitative estimate of drug-likeness (QED) is 0.313. The molecule has 1 unspecified atom stereocenters. The molecular formula is C28H32N2O7. The van der Waals surface area contributed by atoms with Gasteiger partial charge in [-0.25, -0.2) is 0 Å². The maximum atomic E-state index is 13.3. The van der Waals surface area contributed by atoms with Crippen molar-refractivity contribution in [3.8, 4) is 17.2 Å². The van der Waals surface area contributed by atoms with Crippen molar-refractivity contribution in [3.05, 3.63) is 59.2 Å². The molecule has 0 aliphatic carbocycles. The number of aliphatic hydroxyl groups excluding tert-OH is 1. The predicted octanol–water partition coefficient (Wildman–Crippen LogP) is 3.35. The minimum atomic E-state index is -0.736. The van der Waals surface area contributed by atoms with Gasteiger partial charge < -0.3 is 29.0 Å². The first-order chi connectivity index (χ1) is 18.1. The van der Waals surface area contributed by atoms with E-state index in [0.29, 0.717) is 61.2 Å². The lowest BCUT2D eigenvalue weighted by Gasteiger charge is -2.29. The van der Waals surface area contributed by atoms with Gasteiger partial charge in [0.1, 0.15) is 11.5 Å². The number of likely N-dealkylation sites (tertiary alicyclic amines) is 1. The number of amides is 1. The van der Waals surface area contributed by atoms with Gasteiger partial charge in [-0.15, -0.1) is 0 Å². The summed E-state index contributed by atoms with van der Waals surface area (Å²) in [5.74, 6) is 0.145. The summed E-state index contributed by atoms with van der Waals surface area (Å²) >= 11 is 0. The molecule has 3 heterocycles. The van der Waals surface area contributed by atoms with Gasteiger partial charge in [0.2, 0.25) is 6.79 Å². The number of fused-ring (bicyclic) bond motifs is 1. The van der Waals surface area contributed by atoms with Gasteiger partial charge in [-0.3, -0.25) is 14.5 Å². The molecule has 0 spiro atoms. The Bertz CT molecular complexity index is 1190. The van der Waals surface area contributed by atoms with Gasteiger partial charge in [0.05, 0.1) is 31.4 Å². The smallest absolute Gasteiger partial charge is 0.295 e. The van der Waals surface area contributed by atoms with Crippen LogP contribution in [0.2, 0.25) is 0 Å². The number of ketones is 1.